The highest BCUT2D eigenvalue weighted by molar-refractivity contribution is 5.59. The Labute approximate surface area is 74.5 Å². The number of hydrogen-bond donors (Lipinski definition) is 2. The summed E-state index contributed by atoms with van der Waals surface area (Å²) >= 11 is 0. The Kier molecular flexibility index (Phi) is 2.82. The lowest BCUT2D eigenvalue weighted by Gasteiger charge is -1.96. The summed E-state index contributed by atoms with van der Waals surface area (Å²) < 4.78 is 0. The fraction of sp³-hybridized carbons (Fsp3) is 0.125. The van der Waals surface area contributed by atoms with Gasteiger partial charge in [-0.1, -0.05) is 12.2 Å². The first-order chi connectivity index (χ1) is 6.24. The van der Waals surface area contributed by atoms with E-state index in [1.165, 1.54) is 6.20 Å². The first kappa shape index (κ1) is 9.00. The number of nitriles is 1. The number of nitrogens with one attached hydrogen (secondary N) is 1. The van der Waals surface area contributed by atoms with Gasteiger partial charge in [-0.05, 0) is 0 Å². The van der Waals surface area contributed by atoms with Gasteiger partial charge in [0.2, 0.25) is 0 Å². The van der Waals surface area contributed by atoms with E-state index < -0.39 is 5.69 Å². The minimum absolute atomic E-state index is 0.259. The molecule has 0 saturated carbocycles. The van der Waals surface area contributed by atoms with Gasteiger partial charge in [-0.3, -0.25) is 4.98 Å². The van der Waals surface area contributed by atoms with Crippen molar-refractivity contribution in [3.63, 3.8) is 0 Å². The number of aromatic amines is 1. The second-order valence-corrected chi connectivity index (χ2v) is 2.32. The monoisotopic (exact) mass is 176 g/mol. The molecule has 0 spiro atoms. The van der Waals surface area contributed by atoms with Crippen molar-refractivity contribution in [2.75, 3.05) is 5.73 Å². The van der Waals surface area contributed by atoms with E-state index in [0.717, 1.165) is 0 Å². The molecular formula is C8H8N4O. The number of hydrogen-bond acceptors (Lipinski definition) is 4. The lowest BCUT2D eigenvalue weighted by atomic mass is 10.2. The zero-order valence-corrected chi connectivity index (χ0v) is 6.82. The summed E-state index contributed by atoms with van der Waals surface area (Å²) in [5.41, 5.74) is 5.60. The van der Waals surface area contributed by atoms with Crippen molar-refractivity contribution < 1.29 is 0 Å². The van der Waals surface area contributed by atoms with Crippen LogP contribution in [0, 0.1) is 11.3 Å². The SMILES string of the molecule is N#CCC=Cc1cnc(=O)[nH]c1N. The van der Waals surface area contributed by atoms with Crippen LogP contribution in [0.1, 0.15) is 12.0 Å². The molecule has 0 aliphatic heterocycles. The number of aromatic nitrogens is 2. The predicted molar refractivity (Wildman–Crippen MR) is 48.5 cm³/mol. The van der Waals surface area contributed by atoms with Gasteiger partial charge in [-0.25, -0.2) is 9.78 Å². The Morgan fingerprint density at radius 3 is 3.15 bits per heavy atom. The summed E-state index contributed by atoms with van der Waals surface area (Å²) in [6, 6.07) is 1.95. The normalized spacial score (nSPS) is 10.1. The van der Waals surface area contributed by atoms with Crippen LogP contribution in [0.25, 0.3) is 6.08 Å². The molecule has 0 fully saturated rings. The molecule has 1 rings (SSSR count). The summed E-state index contributed by atoms with van der Waals surface area (Å²) in [6.45, 7) is 0. The molecule has 0 radical (unpaired) electrons. The number of rotatable bonds is 2. The summed E-state index contributed by atoms with van der Waals surface area (Å²) in [4.78, 5) is 16.5. The average molecular weight is 176 g/mol. The number of allylic oxidation sites excluding steroid dienone is 1. The summed E-state index contributed by atoms with van der Waals surface area (Å²) in [5.74, 6) is 0.259. The average Bonchev–Trinajstić information content (AvgIpc) is 2.09. The fourth-order valence-electron chi connectivity index (χ4n) is 0.789. The molecule has 1 aromatic heterocycles. The van der Waals surface area contributed by atoms with Crippen LogP contribution in [0.4, 0.5) is 5.82 Å². The van der Waals surface area contributed by atoms with Gasteiger partial charge in [0.05, 0.1) is 12.5 Å². The van der Waals surface area contributed by atoms with E-state index in [-0.39, 0.29) is 5.82 Å². The molecule has 13 heavy (non-hydrogen) atoms. The molecule has 0 atom stereocenters. The fourth-order valence-corrected chi connectivity index (χ4v) is 0.789. The Bertz CT molecular complexity index is 413. The molecule has 0 unspecified atom stereocenters. The minimum Gasteiger partial charge on any atom is -0.385 e. The number of nitrogens with two attached hydrogens (primary N) is 1. The third-order valence-electron chi connectivity index (χ3n) is 1.38. The molecule has 1 aromatic rings. The molecule has 0 amide bonds. The van der Waals surface area contributed by atoms with Gasteiger partial charge < -0.3 is 5.73 Å². The third kappa shape index (κ3) is 2.45. The van der Waals surface area contributed by atoms with Gasteiger partial charge in [0.15, 0.2) is 0 Å². The second-order valence-electron chi connectivity index (χ2n) is 2.32. The minimum atomic E-state index is -0.477. The van der Waals surface area contributed by atoms with Gasteiger partial charge in [0, 0.05) is 11.8 Å². The van der Waals surface area contributed by atoms with Crippen molar-refractivity contribution in [1.29, 1.82) is 5.26 Å². The van der Waals surface area contributed by atoms with Gasteiger partial charge in [0.1, 0.15) is 5.82 Å². The van der Waals surface area contributed by atoms with Crippen LogP contribution in [0.3, 0.4) is 0 Å². The third-order valence-corrected chi connectivity index (χ3v) is 1.38. The Hall–Kier alpha value is -2.09. The molecule has 0 aromatic carbocycles. The van der Waals surface area contributed by atoms with Crippen molar-refractivity contribution >= 4 is 11.9 Å². The summed E-state index contributed by atoms with van der Waals surface area (Å²) in [5, 5.41) is 8.25. The lowest BCUT2D eigenvalue weighted by Crippen LogP contribution is -2.12. The van der Waals surface area contributed by atoms with Gasteiger partial charge in [0.25, 0.3) is 0 Å². The molecule has 0 aliphatic rings. The van der Waals surface area contributed by atoms with E-state index in [9.17, 15) is 4.79 Å². The molecule has 0 bridgehead atoms. The van der Waals surface area contributed by atoms with E-state index in [1.54, 1.807) is 12.2 Å². The number of nitrogens with zero attached hydrogens (tertiary/aromatic N) is 2. The molecule has 0 saturated heterocycles. The number of anilines is 1. The van der Waals surface area contributed by atoms with E-state index in [1.807, 2.05) is 6.07 Å². The van der Waals surface area contributed by atoms with Crippen LogP contribution < -0.4 is 11.4 Å². The zero-order chi connectivity index (χ0) is 9.68. The van der Waals surface area contributed by atoms with E-state index in [4.69, 9.17) is 11.0 Å². The number of nitrogen functional groups attached to an aromatic ring is 1. The van der Waals surface area contributed by atoms with Crippen molar-refractivity contribution in [1.82, 2.24) is 9.97 Å². The molecule has 66 valence electrons. The maximum atomic E-state index is 10.6. The van der Waals surface area contributed by atoms with Gasteiger partial charge >= 0.3 is 5.69 Å². The molecule has 1 heterocycles. The van der Waals surface area contributed by atoms with E-state index >= 15 is 0 Å². The smallest absolute Gasteiger partial charge is 0.346 e. The summed E-state index contributed by atoms with van der Waals surface area (Å²) in [7, 11) is 0. The highest BCUT2D eigenvalue weighted by Gasteiger charge is 1.94. The maximum absolute atomic E-state index is 10.6. The first-order valence-corrected chi connectivity index (χ1v) is 3.62. The molecule has 0 aliphatic carbocycles. The largest absolute Gasteiger partial charge is 0.385 e. The van der Waals surface area contributed by atoms with Gasteiger partial charge in [-0.15, -0.1) is 0 Å². The van der Waals surface area contributed by atoms with Gasteiger partial charge in [-0.2, -0.15) is 5.26 Å². The lowest BCUT2D eigenvalue weighted by molar-refractivity contribution is 1.08. The van der Waals surface area contributed by atoms with Crippen LogP contribution in [-0.2, 0) is 0 Å². The Morgan fingerprint density at radius 1 is 1.77 bits per heavy atom. The molecule has 3 N–H and O–H groups in total. The van der Waals surface area contributed by atoms with Crippen molar-refractivity contribution in [2.24, 2.45) is 0 Å². The van der Waals surface area contributed by atoms with E-state index in [2.05, 4.69) is 9.97 Å². The van der Waals surface area contributed by atoms with Crippen LogP contribution in [0.15, 0.2) is 17.1 Å². The molecular weight excluding hydrogens is 168 g/mol. The van der Waals surface area contributed by atoms with Crippen molar-refractivity contribution in [3.8, 4) is 6.07 Å². The quantitative estimate of drug-likeness (QED) is 0.676. The standard InChI is InChI=1S/C8H8N4O/c9-4-2-1-3-6-5-11-8(13)12-7(6)10/h1,3,5H,2H2,(H3,10,11,12,13). The summed E-state index contributed by atoms with van der Waals surface area (Å²) in [6.07, 6.45) is 4.95. The highest BCUT2D eigenvalue weighted by atomic mass is 16.1. The molecule has 5 nitrogen and oxygen atoms in total. The predicted octanol–water partition coefficient (Wildman–Crippen LogP) is 0.279. The van der Waals surface area contributed by atoms with Crippen LogP contribution in [0.5, 0.6) is 0 Å². The maximum Gasteiger partial charge on any atom is 0.346 e. The van der Waals surface area contributed by atoms with Crippen LogP contribution in [0.2, 0.25) is 0 Å². The van der Waals surface area contributed by atoms with Crippen LogP contribution in [-0.4, -0.2) is 9.97 Å². The topological polar surface area (TPSA) is 95.6 Å². The van der Waals surface area contributed by atoms with Crippen molar-refractivity contribution in [2.45, 2.75) is 6.42 Å². The van der Waals surface area contributed by atoms with E-state index in [0.29, 0.717) is 12.0 Å². The Balaban J connectivity index is 2.91. The zero-order valence-electron chi connectivity index (χ0n) is 6.82. The second kappa shape index (κ2) is 4.07. The molecule has 5 heteroatoms. The van der Waals surface area contributed by atoms with Crippen molar-refractivity contribution in [3.05, 3.63) is 28.3 Å². The Morgan fingerprint density at radius 2 is 2.54 bits per heavy atom. The number of H-pyrrole nitrogens is 1. The van der Waals surface area contributed by atoms with Crippen LogP contribution >= 0.6 is 0 Å². The first-order valence-electron chi connectivity index (χ1n) is 3.62. The highest BCUT2D eigenvalue weighted by Crippen LogP contribution is 2.05.